The Hall–Kier alpha value is -1.62. The van der Waals surface area contributed by atoms with Crippen LogP contribution < -0.4 is 10.6 Å². The molecule has 0 aromatic carbocycles. The molecule has 1 saturated heterocycles. The van der Waals surface area contributed by atoms with E-state index in [1.165, 1.54) is 18.5 Å². The van der Waals surface area contributed by atoms with E-state index in [0.717, 1.165) is 19.5 Å². The van der Waals surface area contributed by atoms with Crippen molar-refractivity contribution in [3.05, 3.63) is 24.0 Å². The molecule has 0 radical (unpaired) electrons. The minimum Gasteiger partial charge on any atom is -0.505 e. The molecule has 5 nitrogen and oxygen atoms in total. The molecular formula is C12H17N3O2. The highest BCUT2D eigenvalue weighted by Gasteiger charge is 2.23. The van der Waals surface area contributed by atoms with Crippen LogP contribution in [0.25, 0.3) is 0 Å². The first-order valence-electron chi connectivity index (χ1n) is 5.83. The minimum absolute atomic E-state index is 0.0820. The van der Waals surface area contributed by atoms with Gasteiger partial charge in [0.25, 0.3) is 5.91 Å². The first kappa shape index (κ1) is 11.9. The Morgan fingerprint density at radius 3 is 3.18 bits per heavy atom. The van der Waals surface area contributed by atoms with Crippen LogP contribution in [0.4, 0.5) is 0 Å². The molecule has 1 fully saturated rings. The van der Waals surface area contributed by atoms with Gasteiger partial charge in [0.1, 0.15) is 5.75 Å². The lowest BCUT2D eigenvalue weighted by Crippen LogP contribution is -2.50. The van der Waals surface area contributed by atoms with E-state index >= 15 is 0 Å². The second kappa shape index (κ2) is 5.14. The van der Waals surface area contributed by atoms with Gasteiger partial charge < -0.3 is 15.7 Å². The Balaban J connectivity index is 2.04. The van der Waals surface area contributed by atoms with E-state index in [1.807, 2.05) is 0 Å². The summed E-state index contributed by atoms with van der Waals surface area (Å²) in [4.78, 5) is 15.7. The first-order chi connectivity index (χ1) is 8.18. The van der Waals surface area contributed by atoms with Gasteiger partial charge in [-0.3, -0.25) is 9.78 Å². The Kier molecular flexibility index (Phi) is 3.58. The van der Waals surface area contributed by atoms with E-state index in [1.54, 1.807) is 0 Å². The van der Waals surface area contributed by atoms with Crippen LogP contribution in [0.1, 0.15) is 23.7 Å². The number of amides is 1. The monoisotopic (exact) mass is 235 g/mol. The van der Waals surface area contributed by atoms with Crippen molar-refractivity contribution in [2.75, 3.05) is 13.1 Å². The van der Waals surface area contributed by atoms with E-state index in [2.05, 4.69) is 22.5 Å². The predicted octanol–water partition coefficient (Wildman–Crippen LogP) is 0.515. The van der Waals surface area contributed by atoms with Crippen LogP contribution in [0, 0.1) is 5.92 Å². The third-order valence-corrected chi connectivity index (χ3v) is 3.19. The fourth-order valence-electron chi connectivity index (χ4n) is 2.01. The van der Waals surface area contributed by atoms with Crippen molar-refractivity contribution in [2.24, 2.45) is 5.92 Å². The first-order valence-corrected chi connectivity index (χ1v) is 5.83. The van der Waals surface area contributed by atoms with Gasteiger partial charge in [0, 0.05) is 18.8 Å². The number of hydrogen-bond donors (Lipinski definition) is 3. The van der Waals surface area contributed by atoms with Crippen LogP contribution in [0.2, 0.25) is 0 Å². The summed E-state index contributed by atoms with van der Waals surface area (Å²) in [5.74, 6) is 0.121. The maximum atomic E-state index is 12.0. The summed E-state index contributed by atoms with van der Waals surface area (Å²) in [6.45, 7) is 3.89. The highest BCUT2D eigenvalue weighted by molar-refractivity contribution is 5.96. The van der Waals surface area contributed by atoms with Crippen molar-refractivity contribution >= 4 is 5.91 Å². The Morgan fingerprint density at radius 2 is 2.47 bits per heavy atom. The van der Waals surface area contributed by atoms with Crippen LogP contribution in [-0.4, -0.2) is 35.1 Å². The third-order valence-electron chi connectivity index (χ3n) is 3.19. The van der Waals surface area contributed by atoms with E-state index < -0.39 is 0 Å². The molecule has 0 spiro atoms. The Morgan fingerprint density at radius 1 is 1.65 bits per heavy atom. The van der Waals surface area contributed by atoms with E-state index in [0.29, 0.717) is 5.92 Å². The molecule has 92 valence electrons. The van der Waals surface area contributed by atoms with Gasteiger partial charge >= 0.3 is 0 Å². The highest BCUT2D eigenvalue weighted by atomic mass is 16.3. The quantitative estimate of drug-likeness (QED) is 0.698. The second-order valence-corrected chi connectivity index (χ2v) is 4.44. The van der Waals surface area contributed by atoms with Crippen LogP contribution in [0.5, 0.6) is 5.75 Å². The third kappa shape index (κ3) is 2.74. The van der Waals surface area contributed by atoms with Crippen molar-refractivity contribution in [2.45, 2.75) is 19.4 Å². The SMILES string of the molecule is CC1CCNCC1NC(=O)c1ccncc1O. The van der Waals surface area contributed by atoms with Crippen molar-refractivity contribution < 1.29 is 9.90 Å². The minimum atomic E-state index is -0.245. The van der Waals surface area contributed by atoms with Gasteiger partial charge in [-0.15, -0.1) is 0 Å². The van der Waals surface area contributed by atoms with Crippen molar-refractivity contribution in [1.82, 2.24) is 15.6 Å². The number of nitrogens with one attached hydrogen (secondary N) is 2. The zero-order valence-electron chi connectivity index (χ0n) is 9.81. The maximum absolute atomic E-state index is 12.0. The topological polar surface area (TPSA) is 74.2 Å². The molecule has 17 heavy (non-hydrogen) atoms. The molecule has 1 aromatic heterocycles. The summed E-state index contributed by atoms with van der Waals surface area (Å²) in [6, 6.07) is 1.63. The number of rotatable bonds is 2. The summed E-state index contributed by atoms with van der Waals surface area (Å²) >= 11 is 0. The zero-order valence-corrected chi connectivity index (χ0v) is 9.81. The molecule has 2 unspecified atom stereocenters. The molecule has 5 heteroatoms. The van der Waals surface area contributed by atoms with Gasteiger partial charge in [0.15, 0.2) is 0 Å². The Labute approximate surface area is 100 Å². The number of carbonyl (C=O) groups excluding carboxylic acids is 1. The van der Waals surface area contributed by atoms with Gasteiger partial charge in [-0.25, -0.2) is 0 Å². The van der Waals surface area contributed by atoms with Crippen LogP contribution in [0.15, 0.2) is 18.5 Å². The molecule has 2 atom stereocenters. The molecule has 3 N–H and O–H groups in total. The summed E-state index contributed by atoms with van der Waals surface area (Å²) in [7, 11) is 0. The van der Waals surface area contributed by atoms with Gasteiger partial charge in [0.05, 0.1) is 11.8 Å². The largest absolute Gasteiger partial charge is 0.505 e. The lowest BCUT2D eigenvalue weighted by Gasteiger charge is -2.30. The number of carbonyl (C=O) groups is 1. The smallest absolute Gasteiger partial charge is 0.255 e. The number of nitrogens with zero attached hydrogens (tertiary/aromatic N) is 1. The number of piperidine rings is 1. The fraction of sp³-hybridized carbons (Fsp3) is 0.500. The van der Waals surface area contributed by atoms with E-state index in [4.69, 9.17) is 0 Å². The van der Waals surface area contributed by atoms with E-state index in [-0.39, 0.29) is 23.3 Å². The van der Waals surface area contributed by atoms with Crippen molar-refractivity contribution in [3.8, 4) is 5.75 Å². The molecule has 0 saturated carbocycles. The van der Waals surface area contributed by atoms with Gasteiger partial charge in [-0.1, -0.05) is 6.92 Å². The normalized spacial score (nSPS) is 24.3. The summed E-state index contributed by atoms with van der Waals surface area (Å²) in [5.41, 5.74) is 0.276. The van der Waals surface area contributed by atoms with Crippen LogP contribution >= 0.6 is 0 Å². The number of aromatic nitrogens is 1. The number of aromatic hydroxyl groups is 1. The van der Waals surface area contributed by atoms with Gasteiger partial charge in [0.2, 0.25) is 0 Å². The average Bonchev–Trinajstić information content (AvgIpc) is 2.32. The summed E-state index contributed by atoms with van der Waals surface area (Å²) < 4.78 is 0. The molecule has 1 aromatic rings. The van der Waals surface area contributed by atoms with Crippen LogP contribution in [0.3, 0.4) is 0 Å². The molecule has 0 aliphatic carbocycles. The molecule has 2 rings (SSSR count). The standard InChI is InChI=1S/C12H17N3O2/c1-8-2-4-13-6-10(8)15-12(17)9-3-5-14-7-11(9)16/h3,5,7-8,10,13,16H,2,4,6H2,1H3,(H,15,17). The molecular weight excluding hydrogens is 218 g/mol. The molecule has 1 aliphatic rings. The van der Waals surface area contributed by atoms with Crippen molar-refractivity contribution in [1.29, 1.82) is 0 Å². The van der Waals surface area contributed by atoms with Gasteiger partial charge in [-0.2, -0.15) is 0 Å². The summed E-state index contributed by atoms with van der Waals surface area (Å²) in [5, 5.41) is 15.7. The highest BCUT2D eigenvalue weighted by Crippen LogP contribution is 2.16. The predicted molar refractivity (Wildman–Crippen MR) is 63.8 cm³/mol. The van der Waals surface area contributed by atoms with E-state index in [9.17, 15) is 9.90 Å². The lowest BCUT2D eigenvalue weighted by atomic mass is 9.94. The molecule has 1 amide bonds. The van der Waals surface area contributed by atoms with Gasteiger partial charge in [-0.05, 0) is 24.9 Å². The zero-order chi connectivity index (χ0) is 12.3. The average molecular weight is 235 g/mol. The van der Waals surface area contributed by atoms with Crippen LogP contribution in [-0.2, 0) is 0 Å². The lowest BCUT2D eigenvalue weighted by molar-refractivity contribution is 0.0912. The molecule has 2 heterocycles. The Bertz CT molecular complexity index is 408. The number of pyridine rings is 1. The summed E-state index contributed by atoms with van der Waals surface area (Å²) in [6.07, 6.45) is 3.82. The maximum Gasteiger partial charge on any atom is 0.255 e. The molecule has 1 aliphatic heterocycles. The number of hydrogen-bond acceptors (Lipinski definition) is 4. The molecule has 0 bridgehead atoms. The van der Waals surface area contributed by atoms with Crippen molar-refractivity contribution in [3.63, 3.8) is 0 Å². The fourth-order valence-corrected chi connectivity index (χ4v) is 2.01. The second-order valence-electron chi connectivity index (χ2n) is 4.44.